The molecule has 1 aromatic heterocycles. The zero-order valence-corrected chi connectivity index (χ0v) is 10.4. The number of hydrogen-bond acceptors (Lipinski definition) is 3. The van der Waals surface area contributed by atoms with Crippen LogP contribution in [-0.2, 0) is 0 Å². The lowest BCUT2D eigenvalue weighted by Gasteiger charge is -2.00. The third kappa shape index (κ3) is 1.70. The van der Waals surface area contributed by atoms with Crippen molar-refractivity contribution >= 4 is 32.5 Å². The van der Waals surface area contributed by atoms with Crippen molar-refractivity contribution < 1.29 is 4.52 Å². The Morgan fingerprint density at radius 3 is 2.76 bits per heavy atom. The smallest absolute Gasteiger partial charge is 0.175 e. The number of fused-ring (bicyclic) bond motifs is 1. The number of nitrogen functional groups attached to an aromatic ring is 1. The minimum Gasteiger partial charge on any atom is -0.399 e. The molecule has 4 heteroatoms. The highest BCUT2D eigenvalue weighted by atomic mass is 79.9. The van der Waals surface area contributed by atoms with Crippen LogP contribution in [-0.4, -0.2) is 5.16 Å². The van der Waals surface area contributed by atoms with Gasteiger partial charge in [-0.2, -0.15) is 0 Å². The van der Waals surface area contributed by atoms with Gasteiger partial charge in [-0.1, -0.05) is 33.2 Å². The molecule has 17 heavy (non-hydrogen) atoms. The molecule has 84 valence electrons. The van der Waals surface area contributed by atoms with E-state index in [2.05, 4.69) is 21.1 Å². The van der Waals surface area contributed by atoms with Gasteiger partial charge in [0.1, 0.15) is 5.52 Å². The van der Waals surface area contributed by atoms with E-state index in [1.54, 1.807) is 0 Å². The number of anilines is 1. The van der Waals surface area contributed by atoms with E-state index in [0.29, 0.717) is 5.69 Å². The van der Waals surface area contributed by atoms with Gasteiger partial charge in [-0.3, -0.25) is 0 Å². The number of rotatable bonds is 1. The molecule has 0 spiro atoms. The molecule has 0 bridgehead atoms. The van der Waals surface area contributed by atoms with Crippen LogP contribution in [0, 0.1) is 0 Å². The molecule has 0 saturated carbocycles. The van der Waals surface area contributed by atoms with E-state index < -0.39 is 0 Å². The molecule has 2 N–H and O–H groups in total. The second-order valence-electron chi connectivity index (χ2n) is 3.77. The fourth-order valence-corrected chi connectivity index (χ4v) is 2.26. The highest BCUT2D eigenvalue weighted by Gasteiger charge is 2.12. The number of hydrogen-bond donors (Lipinski definition) is 1. The average molecular weight is 289 g/mol. The lowest BCUT2D eigenvalue weighted by atomic mass is 10.1. The van der Waals surface area contributed by atoms with Gasteiger partial charge in [0.15, 0.2) is 5.76 Å². The minimum absolute atomic E-state index is 0.703. The third-order valence-electron chi connectivity index (χ3n) is 2.62. The third-order valence-corrected chi connectivity index (χ3v) is 3.31. The minimum atomic E-state index is 0.703. The fraction of sp³-hybridized carbons (Fsp3) is 0. The van der Waals surface area contributed by atoms with Gasteiger partial charge in [0, 0.05) is 15.7 Å². The number of nitrogens with two attached hydrogens (primary N) is 1. The van der Waals surface area contributed by atoms with Crippen LogP contribution in [0.4, 0.5) is 5.69 Å². The van der Waals surface area contributed by atoms with Crippen molar-refractivity contribution in [3.8, 4) is 11.3 Å². The SMILES string of the molecule is Nc1ccc2noc(-c3ccccc3Br)c2c1. The normalized spacial score (nSPS) is 10.9. The average Bonchev–Trinajstić information content (AvgIpc) is 2.72. The van der Waals surface area contributed by atoms with Gasteiger partial charge in [-0.25, -0.2) is 0 Å². The Balaban J connectivity index is 2.31. The Labute approximate surface area is 106 Å². The van der Waals surface area contributed by atoms with Gasteiger partial charge in [-0.15, -0.1) is 0 Å². The van der Waals surface area contributed by atoms with E-state index in [1.807, 2.05) is 42.5 Å². The summed E-state index contributed by atoms with van der Waals surface area (Å²) in [6.07, 6.45) is 0. The van der Waals surface area contributed by atoms with E-state index in [1.165, 1.54) is 0 Å². The Morgan fingerprint density at radius 2 is 1.94 bits per heavy atom. The van der Waals surface area contributed by atoms with Crippen molar-refractivity contribution in [3.63, 3.8) is 0 Å². The Morgan fingerprint density at radius 1 is 1.12 bits per heavy atom. The van der Waals surface area contributed by atoms with Gasteiger partial charge in [0.25, 0.3) is 0 Å². The fourth-order valence-electron chi connectivity index (χ4n) is 1.80. The van der Waals surface area contributed by atoms with Crippen LogP contribution in [0.1, 0.15) is 0 Å². The predicted molar refractivity (Wildman–Crippen MR) is 71.6 cm³/mol. The molecule has 1 heterocycles. The van der Waals surface area contributed by atoms with E-state index in [9.17, 15) is 0 Å². The van der Waals surface area contributed by atoms with Crippen molar-refractivity contribution in [2.24, 2.45) is 0 Å². The van der Waals surface area contributed by atoms with Crippen LogP contribution in [0.15, 0.2) is 51.5 Å². The van der Waals surface area contributed by atoms with Crippen molar-refractivity contribution in [1.82, 2.24) is 5.16 Å². The summed E-state index contributed by atoms with van der Waals surface area (Å²) >= 11 is 3.50. The van der Waals surface area contributed by atoms with Crippen LogP contribution in [0.5, 0.6) is 0 Å². The molecular weight excluding hydrogens is 280 g/mol. The summed E-state index contributed by atoms with van der Waals surface area (Å²) in [5, 5.41) is 4.95. The summed E-state index contributed by atoms with van der Waals surface area (Å²) < 4.78 is 6.37. The first-order valence-corrected chi connectivity index (χ1v) is 5.95. The highest BCUT2D eigenvalue weighted by molar-refractivity contribution is 9.10. The van der Waals surface area contributed by atoms with Crippen LogP contribution in [0.2, 0.25) is 0 Å². The summed E-state index contributed by atoms with van der Waals surface area (Å²) in [7, 11) is 0. The maximum atomic E-state index is 5.79. The topological polar surface area (TPSA) is 52.0 Å². The molecule has 0 aliphatic carbocycles. The van der Waals surface area contributed by atoms with Gasteiger partial charge < -0.3 is 10.3 Å². The van der Waals surface area contributed by atoms with Crippen molar-refractivity contribution in [2.75, 3.05) is 5.73 Å². The van der Waals surface area contributed by atoms with Gasteiger partial charge >= 0.3 is 0 Å². The molecule has 0 aliphatic heterocycles. The largest absolute Gasteiger partial charge is 0.399 e. The summed E-state index contributed by atoms with van der Waals surface area (Å²) in [5.41, 5.74) is 8.27. The van der Waals surface area contributed by atoms with Crippen LogP contribution < -0.4 is 5.73 Å². The summed E-state index contributed by atoms with van der Waals surface area (Å²) in [6.45, 7) is 0. The van der Waals surface area contributed by atoms with E-state index >= 15 is 0 Å². The summed E-state index contributed by atoms with van der Waals surface area (Å²) in [6, 6.07) is 13.4. The maximum absolute atomic E-state index is 5.79. The Kier molecular flexibility index (Phi) is 2.37. The van der Waals surface area contributed by atoms with Gasteiger partial charge in [-0.05, 0) is 30.3 Å². The molecule has 3 aromatic rings. The Hall–Kier alpha value is -1.81. The number of benzene rings is 2. The van der Waals surface area contributed by atoms with Crippen LogP contribution in [0.3, 0.4) is 0 Å². The van der Waals surface area contributed by atoms with Crippen LogP contribution >= 0.6 is 15.9 Å². The molecule has 0 amide bonds. The molecule has 0 saturated heterocycles. The molecule has 0 unspecified atom stereocenters. The highest BCUT2D eigenvalue weighted by Crippen LogP contribution is 2.34. The quantitative estimate of drug-likeness (QED) is 0.692. The molecule has 0 fully saturated rings. The number of aromatic nitrogens is 1. The molecule has 0 atom stereocenters. The van der Waals surface area contributed by atoms with E-state index in [-0.39, 0.29) is 0 Å². The first-order valence-electron chi connectivity index (χ1n) is 5.15. The van der Waals surface area contributed by atoms with Crippen molar-refractivity contribution in [3.05, 3.63) is 46.9 Å². The zero-order chi connectivity index (χ0) is 11.8. The molecule has 0 aliphatic rings. The summed E-state index contributed by atoms with van der Waals surface area (Å²) in [4.78, 5) is 0. The zero-order valence-electron chi connectivity index (χ0n) is 8.85. The molecule has 0 radical (unpaired) electrons. The first kappa shape index (κ1) is 10.4. The molecule has 3 rings (SSSR count). The monoisotopic (exact) mass is 288 g/mol. The van der Waals surface area contributed by atoms with Gasteiger partial charge in [0.05, 0.1) is 5.39 Å². The summed E-state index contributed by atoms with van der Waals surface area (Å²) in [5.74, 6) is 0.736. The first-order chi connectivity index (χ1) is 8.25. The molecule has 3 nitrogen and oxygen atoms in total. The number of nitrogens with zero attached hydrogens (tertiary/aromatic N) is 1. The van der Waals surface area contributed by atoms with Crippen LogP contribution in [0.25, 0.3) is 22.2 Å². The lowest BCUT2D eigenvalue weighted by molar-refractivity contribution is 0.440. The van der Waals surface area contributed by atoms with E-state index in [0.717, 1.165) is 26.7 Å². The van der Waals surface area contributed by atoms with E-state index in [4.69, 9.17) is 10.3 Å². The lowest BCUT2D eigenvalue weighted by Crippen LogP contribution is -1.83. The van der Waals surface area contributed by atoms with Crippen molar-refractivity contribution in [2.45, 2.75) is 0 Å². The molecular formula is C13H9BrN2O. The predicted octanol–water partition coefficient (Wildman–Crippen LogP) is 3.84. The van der Waals surface area contributed by atoms with Gasteiger partial charge in [0.2, 0.25) is 0 Å². The number of halogens is 1. The standard InChI is InChI=1S/C13H9BrN2O/c14-11-4-2-1-3-9(11)13-10-7-8(15)5-6-12(10)16-17-13/h1-7H,15H2. The Bertz CT molecular complexity index is 691. The maximum Gasteiger partial charge on any atom is 0.175 e. The second kappa shape index (κ2) is 3.89. The second-order valence-corrected chi connectivity index (χ2v) is 4.62. The molecule has 2 aromatic carbocycles. The van der Waals surface area contributed by atoms with Crippen molar-refractivity contribution in [1.29, 1.82) is 0 Å².